The SMILES string of the molecule is COc1ccc(Br)cc1CNCCCOCC(C)C. The molecule has 0 aliphatic rings. The Hall–Kier alpha value is -0.580. The van der Waals surface area contributed by atoms with E-state index in [0.717, 1.165) is 42.9 Å². The monoisotopic (exact) mass is 329 g/mol. The van der Waals surface area contributed by atoms with E-state index >= 15 is 0 Å². The molecule has 19 heavy (non-hydrogen) atoms. The zero-order valence-electron chi connectivity index (χ0n) is 12.0. The molecule has 0 amide bonds. The molecule has 0 radical (unpaired) electrons. The minimum atomic E-state index is 0.610. The number of halogens is 1. The quantitative estimate of drug-likeness (QED) is 0.702. The van der Waals surface area contributed by atoms with Crippen LogP contribution in [0.1, 0.15) is 25.8 Å². The Labute approximate surface area is 124 Å². The van der Waals surface area contributed by atoms with Crippen LogP contribution in [-0.2, 0) is 11.3 Å². The van der Waals surface area contributed by atoms with Crippen LogP contribution in [0.5, 0.6) is 5.75 Å². The number of benzene rings is 1. The van der Waals surface area contributed by atoms with Gasteiger partial charge in [-0.25, -0.2) is 0 Å². The Morgan fingerprint density at radius 2 is 2.11 bits per heavy atom. The normalized spacial score (nSPS) is 11.0. The highest BCUT2D eigenvalue weighted by Gasteiger charge is 2.03. The molecule has 0 heterocycles. The second kappa shape index (κ2) is 9.34. The van der Waals surface area contributed by atoms with Crippen molar-refractivity contribution >= 4 is 15.9 Å². The van der Waals surface area contributed by atoms with Crippen molar-refractivity contribution in [3.05, 3.63) is 28.2 Å². The molecule has 4 heteroatoms. The van der Waals surface area contributed by atoms with E-state index in [0.29, 0.717) is 5.92 Å². The molecule has 3 nitrogen and oxygen atoms in total. The van der Waals surface area contributed by atoms with Gasteiger partial charge in [-0.3, -0.25) is 0 Å². The number of nitrogens with one attached hydrogen (secondary N) is 1. The van der Waals surface area contributed by atoms with Gasteiger partial charge < -0.3 is 14.8 Å². The Bertz CT molecular complexity index is 369. The molecule has 0 atom stereocenters. The van der Waals surface area contributed by atoms with Crippen LogP contribution in [0.4, 0.5) is 0 Å². The van der Waals surface area contributed by atoms with E-state index in [4.69, 9.17) is 9.47 Å². The lowest BCUT2D eigenvalue weighted by Gasteiger charge is -2.11. The maximum absolute atomic E-state index is 5.54. The Balaban J connectivity index is 2.20. The van der Waals surface area contributed by atoms with Gasteiger partial charge in [-0.1, -0.05) is 29.8 Å². The molecule has 0 saturated carbocycles. The highest BCUT2D eigenvalue weighted by molar-refractivity contribution is 9.10. The molecular formula is C15H24BrNO2. The van der Waals surface area contributed by atoms with Crippen LogP contribution in [0, 0.1) is 5.92 Å². The molecule has 1 aromatic carbocycles. The number of methoxy groups -OCH3 is 1. The van der Waals surface area contributed by atoms with Gasteiger partial charge in [0.05, 0.1) is 7.11 Å². The van der Waals surface area contributed by atoms with Gasteiger partial charge in [-0.2, -0.15) is 0 Å². The molecule has 0 spiro atoms. The molecule has 0 unspecified atom stereocenters. The van der Waals surface area contributed by atoms with Crippen molar-refractivity contribution in [1.82, 2.24) is 5.32 Å². The maximum Gasteiger partial charge on any atom is 0.123 e. The lowest BCUT2D eigenvalue weighted by Crippen LogP contribution is -2.17. The fourth-order valence-corrected chi connectivity index (χ4v) is 2.14. The third kappa shape index (κ3) is 6.95. The smallest absolute Gasteiger partial charge is 0.123 e. The predicted molar refractivity (Wildman–Crippen MR) is 82.7 cm³/mol. The summed E-state index contributed by atoms with van der Waals surface area (Å²) in [6.07, 6.45) is 1.03. The van der Waals surface area contributed by atoms with E-state index in [2.05, 4.69) is 41.2 Å². The van der Waals surface area contributed by atoms with Gasteiger partial charge in [0.2, 0.25) is 0 Å². The van der Waals surface area contributed by atoms with Crippen molar-refractivity contribution in [2.24, 2.45) is 5.92 Å². The number of ether oxygens (including phenoxy) is 2. The van der Waals surface area contributed by atoms with Gasteiger partial charge in [-0.05, 0) is 37.1 Å². The first-order chi connectivity index (χ1) is 9.13. The molecule has 1 N–H and O–H groups in total. The van der Waals surface area contributed by atoms with Crippen LogP contribution in [0.2, 0.25) is 0 Å². The third-order valence-electron chi connectivity index (χ3n) is 2.65. The zero-order chi connectivity index (χ0) is 14.1. The van der Waals surface area contributed by atoms with Crippen molar-refractivity contribution in [3.63, 3.8) is 0 Å². The summed E-state index contributed by atoms with van der Waals surface area (Å²) in [5, 5.41) is 3.41. The van der Waals surface area contributed by atoms with Gasteiger partial charge in [-0.15, -0.1) is 0 Å². The molecule has 0 aromatic heterocycles. The van der Waals surface area contributed by atoms with Crippen LogP contribution >= 0.6 is 15.9 Å². The topological polar surface area (TPSA) is 30.5 Å². The highest BCUT2D eigenvalue weighted by Crippen LogP contribution is 2.22. The fourth-order valence-electron chi connectivity index (χ4n) is 1.73. The average Bonchev–Trinajstić information content (AvgIpc) is 2.37. The van der Waals surface area contributed by atoms with Crippen LogP contribution in [0.15, 0.2) is 22.7 Å². The Morgan fingerprint density at radius 1 is 1.32 bits per heavy atom. The maximum atomic E-state index is 5.54. The Kier molecular flexibility index (Phi) is 8.10. The van der Waals surface area contributed by atoms with Crippen LogP contribution in [0.3, 0.4) is 0 Å². The summed E-state index contributed by atoms with van der Waals surface area (Å²) in [6, 6.07) is 6.05. The number of hydrogen-bond acceptors (Lipinski definition) is 3. The van der Waals surface area contributed by atoms with E-state index in [9.17, 15) is 0 Å². The highest BCUT2D eigenvalue weighted by atomic mass is 79.9. The summed E-state index contributed by atoms with van der Waals surface area (Å²) in [5.41, 5.74) is 1.17. The van der Waals surface area contributed by atoms with E-state index in [1.165, 1.54) is 5.56 Å². The molecule has 0 aliphatic heterocycles. The first-order valence-corrected chi connectivity index (χ1v) is 7.53. The molecule has 0 fully saturated rings. The van der Waals surface area contributed by atoms with Crippen molar-refractivity contribution < 1.29 is 9.47 Å². The zero-order valence-corrected chi connectivity index (χ0v) is 13.6. The standard InChI is InChI=1S/C15H24BrNO2/c1-12(2)11-19-8-4-7-17-10-13-9-14(16)5-6-15(13)18-3/h5-6,9,12,17H,4,7-8,10-11H2,1-3H3. The Morgan fingerprint density at radius 3 is 2.79 bits per heavy atom. The van der Waals surface area contributed by atoms with Crippen molar-refractivity contribution in [2.45, 2.75) is 26.8 Å². The van der Waals surface area contributed by atoms with Gasteiger partial charge >= 0.3 is 0 Å². The summed E-state index contributed by atoms with van der Waals surface area (Å²) < 4.78 is 12.0. The molecule has 0 bridgehead atoms. The van der Waals surface area contributed by atoms with E-state index < -0.39 is 0 Å². The van der Waals surface area contributed by atoms with Gasteiger partial charge in [0, 0.05) is 29.8 Å². The molecule has 1 aromatic rings. The van der Waals surface area contributed by atoms with Crippen LogP contribution in [-0.4, -0.2) is 26.9 Å². The van der Waals surface area contributed by atoms with E-state index in [1.807, 2.05) is 12.1 Å². The molecule has 0 saturated heterocycles. The lowest BCUT2D eigenvalue weighted by molar-refractivity contribution is 0.108. The number of rotatable bonds is 9. The van der Waals surface area contributed by atoms with Gasteiger partial charge in [0.15, 0.2) is 0 Å². The van der Waals surface area contributed by atoms with Gasteiger partial charge in [0.1, 0.15) is 5.75 Å². The summed E-state index contributed by atoms with van der Waals surface area (Å²) in [5.74, 6) is 1.53. The van der Waals surface area contributed by atoms with Crippen molar-refractivity contribution in [1.29, 1.82) is 0 Å². The van der Waals surface area contributed by atoms with Crippen molar-refractivity contribution in [2.75, 3.05) is 26.9 Å². The second-order valence-electron chi connectivity index (χ2n) is 4.96. The summed E-state index contributed by atoms with van der Waals surface area (Å²) in [7, 11) is 1.70. The molecule has 108 valence electrons. The molecular weight excluding hydrogens is 306 g/mol. The lowest BCUT2D eigenvalue weighted by atomic mass is 10.2. The van der Waals surface area contributed by atoms with E-state index in [-0.39, 0.29) is 0 Å². The first kappa shape index (κ1) is 16.5. The van der Waals surface area contributed by atoms with Gasteiger partial charge in [0.25, 0.3) is 0 Å². The predicted octanol–water partition coefficient (Wildman–Crippen LogP) is 3.61. The first-order valence-electron chi connectivity index (χ1n) is 6.74. The summed E-state index contributed by atoms with van der Waals surface area (Å²) in [6.45, 7) is 7.76. The minimum Gasteiger partial charge on any atom is -0.496 e. The third-order valence-corrected chi connectivity index (χ3v) is 3.14. The second-order valence-corrected chi connectivity index (χ2v) is 5.87. The molecule has 0 aliphatic carbocycles. The van der Waals surface area contributed by atoms with Crippen LogP contribution in [0.25, 0.3) is 0 Å². The van der Waals surface area contributed by atoms with E-state index in [1.54, 1.807) is 7.11 Å². The number of hydrogen-bond donors (Lipinski definition) is 1. The fraction of sp³-hybridized carbons (Fsp3) is 0.600. The molecule has 1 rings (SSSR count). The largest absolute Gasteiger partial charge is 0.496 e. The van der Waals surface area contributed by atoms with Crippen molar-refractivity contribution in [3.8, 4) is 5.75 Å². The summed E-state index contributed by atoms with van der Waals surface area (Å²) >= 11 is 3.48. The van der Waals surface area contributed by atoms with Crippen LogP contribution < -0.4 is 10.1 Å². The summed E-state index contributed by atoms with van der Waals surface area (Å²) in [4.78, 5) is 0. The average molecular weight is 330 g/mol. The minimum absolute atomic E-state index is 0.610.